The van der Waals surface area contributed by atoms with E-state index in [1.165, 1.54) is 0 Å². The zero-order valence-electron chi connectivity index (χ0n) is 14.2. The number of thiophene rings is 1. The van der Waals surface area contributed by atoms with Crippen LogP contribution in [0.5, 0.6) is 5.75 Å². The third kappa shape index (κ3) is 3.19. The number of carbonyl (C=O) groups is 1. The maximum absolute atomic E-state index is 12.4. The normalized spacial score (nSPS) is 10.8. The van der Waals surface area contributed by atoms with Crippen molar-refractivity contribution in [3.05, 3.63) is 71.6 Å². The third-order valence-electron chi connectivity index (χ3n) is 4.06. The van der Waals surface area contributed by atoms with Gasteiger partial charge in [0.25, 0.3) is 0 Å². The molecule has 2 heterocycles. The summed E-state index contributed by atoms with van der Waals surface area (Å²) in [5, 5.41) is 10.5. The highest BCUT2D eigenvalue weighted by atomic mass is 32.1. The summed E-state index contributed by atoms with van der Waals surface area (Å²) in [5.74, 6) is 1.25. The summed E-state index contributed by atoms with van der Waals surface area (Å²) >= 11 is 1.58. The summed E-state index contributed by atoms with van der Waals surface area (Å²) < 4.78 is 7.13. The quantitative estimate of drug-likeness (QED) is 0.576. The number of fused-ring (bicyclic) bond motifs is 1. The Morgan fingerprint density at radius 2 is 2.00 bits per heavy atom. The fraction of sp³-hybridized carbons (Fsp3) is 0.100. The van der Waals surface area contributed by atoms with E-state index in [-0.39, 0.29) is 5.91 Å². The molecule has 0 fully saturated rings. The number of ether oxygens (including phenoxy) is 1. The van der Waals surface area contributed by atoms with Crippen LogP contribution >= 0.6 is 11.3 Å². The first-order chi connectivity index (χ1) is 12.7. The Balaban J connectivity index is 1.64. The standard InChI is InChI=1S/C20H17N3O2S/c1-25-16-9-5-8-15(13-16)23-20-17(10-11-26-20)19(22-23)21-18(24)12-14-6-3-2-4-7-14/h2-11,13H,12H2,1H3,(H,21,22,24). The maximum Gasteiger partial charge on any atom is 0.230 e. The Morgan fingerprint density at radius 3 is 2.81 bits per heavy atom. The van der Waals surface area contributed by atoms with Crippen molar-refractivity contribution in [1.29, 1.82) is 0 Å². The summed E-state index contributed by atoms with van der Waals surface area (Å²) in [6, 6.07) is 19.3. The van der Waals surface area contributed by atoms with Crippen molar-refractivity contribution in [2.24, 2.45) is 0 Å². The van der Waals surface area contributed by atoms with Crippen LogP contribution in [0.4, 0.5) is 5.82 Å². The first-order valence-corrected chi connectivity index (χ1v) is 9.07. The molecule has 0 spiro atoms. The van der Waals surface area contributed by atoms with Gasteiger partial charge in [-0.2, -0.15) is 0 Å². The van der Waals surface area contributed by atoms with Crippen LogP contribution in [-0.4, -0.2) is 22.8 Å². The van der Waals surface area contributed by atoms with E-state index in [4.69, 9.17) is 4.74 Å². The lowest BCUT2D eigenvalue weighted by atomic mass is 10.1. The summed E-state index contributed by atoms with van der Waals surface area (Å²) in [6.45, 7) is 0. The van der Waals surface area contributed by atoms with Crippen LogP contribution in [-0.2, 0) is 11.2 Å². The van der Waals surface area contributed by atoms with Gasteiger partial charge in [0.2, 0.25) is 5.91 Å². The van der Waals surface area contributed by atoms with E-state index in [9.17, 15) is 4.79 Å². The molecule has 0 aliphatic heterocycles. The molecule has 0 saturated carbocycles. The lowest BCUT2D eigenvalue weighted by molar-refractivity contribution is -0.115. The topological polar surface area (TPSA) is 56.1 Å². The number of aromatic nitrogens is 2. The van der Waals surface area contributed by atoms with Gasteiger partial charge in [-0.1, -0.05) is 36.4 Å². The van der Waals surface area contributed by atoms with Gasteiger partial charge in [-0.05, 0) is 29.1 Å². The number of anilines is 1. The average molecular weight is 363 g/mol. The number of benzene rings is 2. The number of nitrogens with one attached hydrogen (secondary N) is 1. The number of hydrogen-bond donors (Lipinski definition) is 1. The highest BCUT2D eigenvalue weighted by Crippen LogP contribution is 2.31. The van der Waals surface area contributed by atoms with Gasteiger partial charge in [0, 0.05) is 6.07 Å². The van der Waals surface area contributed by atoms with Crippen molar-refractivity contribution in [3.63, 3.8) is 0 Å². The number of methoxy groups -OCH3 is 1. The minimum Gasteiger partial charge on any atom is -0.497 e. The van der Waals surface area contributed by atoms with Crippen molar-refractivity contribution < 1.29 is 9.53 Å². The van der Waals surface area contributed by atoms with Crippen LogP contribution in [0.25, 0.3) is 15.9 Å². The van der Waals surface area contributed by atoms with Crippen LogP contribution in [0.2, 0.25) is 0 Å². The predicted octanol–water partition coefficient (Wildman–Crippen LogP) is 4.28. The SMILES string of the molecule is COc1cccc(-n2nc(NC(=O)Cc3ccccc3)c3ccsc32)c1. The van der Waals surface area contributed by atoms with E-state index < -0.39 is 0 Å². The lowest BCUT2D eigenvalue weighted by Crippen LogP contribution is -2.15. The lowest BCUT2D eigenvalue weighted by Gasteiger charge is -2.05. The number of rotatable bonds is 5. The van der Waals surface area contributed by atoms with E-state index in [0.717, 1.165) is 27.2 Å². The van der Waals surface area contributed by atoms with E-state index >= 15 is 0 Å². The number of carbonyl (C=O) groups excluding carboxylic acids is 1. The molecule has 0 radical (unpaired) electrons. The second-order valence-electron chi connectivity index (χ2n) is 5.81. The zero-order chi connectivity index (χ0) is 17.9. The molecule has 6 heteroatoms. The largest absolute Gasteiger partial charge is 0.497 e. The second-order valence-corrected chi connectivity index (χ2v) is 6.71. The molecule has 0 bridgehead atoms. The molecule has 0 saturated heterocycles. The van der Waals surface area contributed by atoms with Crippen molar-refractivity contribution in [2.75, 3.05) is 12.4 Å². The van der Waals surface area contributed by atoms with E-state index in [0.29, 0.717) is 12.2 Å². The Kier molecular flexibility index (Phi) is 4.41. The first kappa shape index (κ1) is 16.4. The molecule has 4 aromatic rings. The Hall–Kier alpha value is -3.12. The van der Waals surface area contributed by atoms with E-state index in [1.807, 2.05) is 70.7 Å². The van der Waals surface area contributed by atoms with Crippen molar-refractivity contribution in [1.82, 2.24) is 9.78 Å². The zero-order valence-corrected chi connectivity index (χ0v) is 15.0. The third-order valence-corrected chi connectivity index (χ3v) is 4.94. The molecule has 0 unspecified atom stereocenters. The van der Waals surface area contributed by atoms with Crippen LogP contribution < -0.4 is 10.1 Å². The highest BCUT2D eigenvalue weighted by Gasteiger charge is 2.15. The minimum atomic E-state index is -0.0837. The Morgan fingerprint density at radius 1 is 1.15 bits per heavy atom. The smallest absolute Gasteiger partial charge is 0.230 e. The Labute approximate surface area is 154 Å². The molecule has 2 aromatic heterocycles. The van der Waals surface area contributed by atoms with Crippen LogP contribution in [0.15, 0.2) is 66.0 Å². The molecule has 130 valence electrons. The number of nitrogens with zero attached hydrogens (tertiary/aromatic N) is 2. The molecular formula is C20H17N3O2S. The molecule has 0 aliphatic rings. The van der Waals surface area contributed by atoms with Crippen molar-refractivity contribution in [2.45, 2.75) is 6.42 Å². The molecular weight excluding hydrogens is 346 g/mol. The summed E-state index contributed by atoms with van der Waals surface area (Å²) in [6.07, 6.45) is 0.318. The molecule has 2 aromatic carbocycles. The van der Waals surface area contributed by atoms with Crippen molar-refractivity contribution >= 4 is 33.3 Å². The fourth-order valence-corrected chi connectivity index (χ4v) is 3.68. The minimum absolute atomic E-state index is 0.0837. The fourth-order valence-electron chi connectivity index (χ4n) is 2.81. The molecule has 4 rings (SSSR count). The van der Waals surface area contributed by atoms with Gasteiger partial charge in [-0.3, -0.25) is 4.79 Å². The average Bonchev–Trinajstić information content (AvgIpc) is 3.26. The van der Waals surface area contributed by atoms with Crippen LogP contribution in [0, 0.1) is 0 Å². The number of hydrogen-bond acceptors (Lipinski definition) is 4. The molecule has 26 heavy (non-hydrogen) atoms. The summed E-state index contributed by atoms with van der Waals surface area (Å²) in [4.78, 5) is 13.4. The van der Waals surface area contributed by atoms with Crippen molar-refractivity contribution in [3.8, 4) is 11.4 Å². The predicted molar refractivity (Wildman–Crippen MR) is 104 cm³/mol. The van der Waals surface area contributed by atoms with Crippen LogP contribution in [0.1, 0.15) is 5.56 Å². The second kappa shape index (κ2) is 7.01. The monoisotopic (exact) mass is 363 g/mol. The molecule has 1 N–H and O–H groups in total. The first-order valence-electron chi connectivity index (χ1n) is 8.19. The Bertz CT molecular complexity index is 1050. The summed E-state index contributed by atoms with van der Waals surface area (Å²) in [7, 11) is 1.64. The maximum atomic E-state index is 12.4. The molecule has 0 aliphatic carbocycles. The van der Waals surface area contributed by atoms with Gasteiger partial charge in [0.1, 0.15) is 10.6 Å². The number of amides is 1. The molecule has 1 amide bonds. The van der Waals surface area contributed by atoms with Gasteiger partial charge in [0.15, 0.2) is 5.82 Å². The summed E-state index contributed by atoms with van der Waals surface area (Å²) in [5.41, 5.74) is 1.86. The van der Waals surface area contributed by atoms with Gasteiger partial charge in [-0.25, -0.2) is 4.68 Å². The van der Waals surface area contributed by atoms with Gasteiger partial charge in [-0.15, -0.1) is 16.4 Å². The van der Waals surface area contributed by atoms with Crippen LogP contribution in [0.3, 0.4) is 0 Å². The van der Waals surface area contributed by atoms with E-state index in [2.05, 4.69) is 10.4 Å². The van der Waals surface area contributed by atoms with Gasteiger partial charge < -0.3 is 10.1 Å². The van der Waals surface area contributed by atoms with Gasteiger partial charge in [0.05, 0.1) is 24.6 Å². The molecule has 0 atom stereocenters. The highest BCUT2D eigenvalue weighted by molar-refractivity contribution is 7.16. The van der Waals surface area contributed by atoms with Gasteiger partial charge >= 0.3 is 0 Å². The molecule has 5 nitrogen and oxygen atoms in total. The van der Waals surface area contributed by atoms with E-state index in [1.54, 1.807) is 18.4 Å².